The summed E-state index contributed by atoms with van der Waals surface area (Å²) in [5, 5.41) is 4.56. The normalized spacial score (nSPS) is 26.0. The molecule has 0 spiro atoms. The number of hydrogen-bond donors (Lipinski definition) is 1. The number of hydrogen-bond acceptors (Lipinski definition) is 2. The van der Waals surface area contributed by atoms with E-state index >= 15 is 0 Å². The molecule has 3 atom stereocenters. The van der Waals surface area contributed by atoms with Crippen molar-refractivity contribution >= 4 is 11.8 Å². The molecular weight excluding hydrogens is 226 g/mol. The fourth-order valence-electron chi connectivity index (χ4n) is 2.43. The molecule has 2 heteroatoms. The van der Waals surface area contributed by atoms with E-state index in [9.17, 15) is 0 Å². The van der Waals surface area contributed by atoms with Gasteiger partial charge in [-0.05, 0) is 37.5 Å². The molecule has 3 unspecified atom stereocenters. The van der Waals surface area contributed by atoms with Crippen LogP contribution in [-0.4, -0.2) is 23.1 Å². The average molecular weight is 249 g/mol. The Balaban J connectivity index is 1.72. The minimum Gasteiger partial charge on any atom is -0.310 e. The first-order chi connectivity index (χ1) is 8.25. The van der Waals surface area contributed by atoms with Gasteiger partial charge in [0.25, 0.3) is 0 Å². The molecule has 0 amide bonds. The largest absolute Gasteiger partial charge is 0.310 e. The number of aryl methyl sites for hydroxylation is 1. The standard InChI is InChI=1S/C15H23NS/c1-12(16-15-10-11-17-13(15)2)8-9-14-6-4-3-5-7-14/h3-7,12-13,15-16H,8-11H2,1-2H3. The zero-order chi connectivity index (χ0) is 12.1. The molecular formula is C15H23NS. The molecule has 0 aliphatic carbocycles. The number of thioether (sulfide) groups is 1. The molecule has 0 radical (unpaired) electrons. The SMILES string of the molecule is CC(CCc1ccccc1)NC1CCSC1C. The molecule has 17 heavy (non-hydrogen) atoms. The predicted molar refractivity (Wildman–Crippen MR) is 77.7 cm³/mol. The topological polar surface area (TPSA) is 12.0 Å². The van der Waals surface area contributed by atoms with Crippen LogP contribution in [0.25, 0.3) is 0 Å². The quantitative estimate of drug-likeness (QED) is 0.857. The Bertz CT molecular complexity index is 325. The van der Waals surface area contributed by atoms with Crippen molar-refractivity contribution in [3.05, 3.63) is 35.9 Å². The first-order valence-electron chi connectivity index (χ1n) is 6.67. The summed E-state index contributed by atoms with van der Waals surface area (Å²) < 4.78 is 0. The van der Waals surface area contributed by atoms with Crippen LogP contribution in [0.3, 0.4) is 0 Å². The van der Waals surface area contributed by atoms with Crippen LogP contribution in [0, 0.1) is 0 Å². The lowest BCUT2D eigenvalue weighted by atomic mass is 10.0. The number of rotatable bonds is 5. The Morgan fingerprint density at radius 3 is 2.76 bits per heavy atom. The maximum atomic E-state index is 3.78. The van der Waals surface area contributed by atoms with Gasteiger partial charge >= 0.3 is 0 Å². The van der Waals surface area contributed by atoms with Gasteiger partial charge in [0.05, 0.1) is 0 Å². The van der Waals surface area contributed by atoms with Crippen LogP contribution >= 0.6 is 11.8 Å². The molecule has 0 aromatic heterocycles. The van der Waals surface area contributed by atoms with Crippen LogP contribution in [-0.2, 0) is 6.42 Å². The molecule has 0 bridgehead atoms. The molecule has 1 aromatic carbocycles. The summed E-state index contributed by atoms with van der Waals surface area (Å²) in [5.41, 5.74) is 1.45. The second-order valence-corrected chi connectivity index (χ2v) is 6.55. The van der Waals surface area contributed by atoms with E-state index < -0.39 is 0 Å². The summed E-state index contributed by atoms with van der Waals surface area (Å²) in [6.07, 6.45) is 3.75. The van der Waals surface area contributed by atoms with Crippen molar-refractivity contribution in [2.24, 2.45) is 0 Å². The number of nitrogens with one attached hydrogen (secondary N) is 1. The summed E-state index contributed by atoms with van der Waals surface area (Å²) in [7, 11) is 0. The van der Waals surface area contributed by atoms with Gasteiger partial charge in [-0.3, -0.25) is 0 Å². The van der Waals surface area contributed by atoms with E-state index in [1.165, 1.54) is 30.6 Å². The molecule has 1 aromatic rings. The first-order valence-corrected chi connectivity index (χ1v) is 7.72. The van der Waals surface area contributed by atoms with Gasteiger partial charge in [0.2, 0.25) is 0 Å². The average Bonchev–Trinajstić information content (AvgIpc) is 2.74. The second kappa shape index (κ2) is 6.46. The monoisotopic (exact) mass is 249 g/mol. The highest BCUT2D eigenvalue weighted by Gasteiger charge is 2.24. The molecule has 1 saturated heterocycles. The highest BCUT2D eigenvalue weighted by Crippen LogP contribution is 2.26. The van der Waals surface area contributed by atoms with Crippen molar-refractivity contribution in [3.8, 4) is 0 Å². The van der Waals surface area contributed by atoms with Gasteiger partial charge in [0.15, 0.2) is 0 Å². The summed E-state index contributed by atoms with van der Waals surface area (Å²) in [6, 6.07) is 12.1. The molecule has 1 aliphatic rings. The first kappa shape index (κ1) is 13.0. The van der Waals surface area contributed by atoms with E-state index in [0.717, 1.165) is 11.3 Å². The van der Waals surface area contributed by atoms with Crippen LogP contribution in [0.1, 0.15) is 32.3 Å². The maximum Gasteiger partial charge on any atom is 0.0194 e. The van der Waals surface area contributed by atoms with E-state index in [4.69, 9.17) is 0 Å². The minimum absolute atomic E-state index is 0.626. The summed E-state index contributed by atoms with van der Waals surface area (Å²) in [6.45, 7) is 4.66. The fourth-order valence-corrected chi connectivity index (χ4v) is 3.64. The Kier molecular flexibility index (Phi) is 4.93. The molecule has 1 fully saturated rings. The third-order valence-corrected chi connectivity index (χ3v) is 4.91. The maximum absolute atomic E-state index is 3.78. The zero-order valence-corrected chi connectivity index (χ0v) is 11.7. The molecule has 1 heterocycles. The third kappa shape index (κ3) is 4.04. The summed E-state index contributed by atoms with van der Waals surface area (Å²) in [4.78, 5) is 0. The Labute approximate surface area is 109 Å². The van der Waals surface area contributed by atoms with Gasteiger partial charge in [-0.25, -0.2) is 0 Å². The molecule has 94 valence electrons. The van der Waals surface area contributed by atoms with Crippen molar-refractivity contribution in [2.75, 3.05) is 5.75 Å². The van der Waals surface area contributed by atoms with Crippen molar-refractivity contribution in [2.45, 2.75) is 50.4 Å². The third-order valence-electron chi connectivity index (χ3n) is 3.58. The van der Waals surface area contributed by atoms with Crippen LogP contribution < -0.4 is 5.32 Å². The van der Waals surface area contributed by atoms with Gasteiger partial charge in [-0.2, -0.15) is 11.8 Å². The van der Waals surface area contributed by atoms with Gasteiger partial charge in [-0.1, -0.05) is 37.3 Å². The van der Waals surface area contributed by atoms with Crippen LogP contribution in [0.5, 0.6) is 0 Å². The van der Waals surface area contributed by atoms with E-state index in [-0.39, 0.29) is 0 Å². The Morgan fingerprint density at radius 2 is 2.12 bits per heavy atom. The van der Waals surface area contributed by atoms with E-state index in [1.807, 2.05) is 0 Å². The molecule has 1 aliphatic heterocycles. The highest BCUT2D eigenvalue weighted by molar-refractivity contribution is 8.00. The zero-order valence-electron chi connectivity index (χ0n) is 10.9. The lowest BCUT2D eigenvalue weighted by molar-refractivity contribution is 0.426. The van der Waals surface area contributed by atoms with E-state index in [2.05, 4.69) is 61.3 Å². The van der Waals surface area contributed by atoms with E-state index in [1.54, 1.807) is 0 Å². The molecule has 2 rings (SSSR count). The highest BCUT2D eigenvalue weighted by atomic mass is 32.2. The van der Waals surface area contributed by atoms with Crippen molar-refractivity contribution in [1.82, 2.24) is 5.32 Å². The minimum atomic E-state index is 0.626. The predicted octanol–water partition coefficient (Wildman–Crippen LogP) is 3.49. The summed E-state index contributed by atoms with van der Waals surface area (Å²) in [5.74, 6) is 1.32. The Hall–Kier alpha value is -0.470. The molecule has 0 saturated carbocycles. The van der Waals surface area contributed by atoms with Gasteiger partial charge in [-0.15, -0.1) is 0 Å². The fraction of sp³-hybridized carbons (Fsp3) is 0.600. The smallest absolute Gasteiger partial charge is 0.0194 e. The lowest BCUT2D eigenvalue weighted by Crippen LogP contribution is -2.39. The summed E-state index contributed by atoms with van der Waals surface area (Å²) >= 11 is 2.10. The molecule has 1 nitrogen and oxygen atoms in total. The van der Waals surface area contributed by atoms with Gasteiger partial charge in [0.1, 0.15) is 0 Å². The van der Waals surface area contributed by atoms with Crippen LogP contribution in [0.2, 0.25) is 0 Å². The van der Waals surface area contributed by atoms with Crippen molar-refractivity contribution < 1.29 is 0 Å². The number of benzene rings is 1. The van der Waals surface area contributed by atoms with Gasteiger partial charge < -0.3 is 5.32 Å². The lowest BCUT2D eigenvalue weighted by Gasteiger charge is -2.22. The van der Waals surface area contributed by atoms with Crippen molar-refractivity contribution in [1.29, 1.82) is 0 Å². The van der Waals surface area contributed by atoms with Crippen molar-refractivity contribution in [3.63, 3.8) is 0 Å². The van der Waals surface area contributed by atoms with Crippen LogP contribution in [0.4, 0.5) is 0 Å². The van der Waals surface area contributed by atoms with Gasteiger partial charge in [0, 0.05) is 17.3 Å². The van der Waals surface area contributed by atoms with E-state index in [0.29, 0.717) is 6.04 Å². The second-order valence-electron chi connectivity index (χ2n) is 5.06. The Morgan fingerprint density at radius 1 is 1.35 bits per heavy atom. The molecule has 1 N–H and O–H groups in total. The van der Waals surface area contributed by atoms with Crippen LogP contribution in [0.15, 0.2) is 30.3 Å².